The molecule has 0 radical (unpaired) electrons. The van der Waals surface area contributed by atoms with Gasteiger partial charge in [0.1, 0.15) is 0 Å². The smallest absolute Gasteiger partial charge is 0.228 e. The molecule has 1 amide bonds. The molecule has 0 aromatic heterocycles. The minimum Gasteiger partial charge on any atom is -0.384 e. The van der Waals surface area contributed by atoms with E-state index in [1.54, 1.807) is 7.11 Å². The van der Waals surface area contributed by atoms with E-state index in [0.29, 0.717) is 6.61 Å². The van der Waals surface area contributed by atoms with E-state index in [0.717, 1.165) is 32.4 Å². The molecule has 1 saturated heterocycles. The average Bonchev–Trinajstić information content (AvgIpc) is 2.51. The van der Waals surface area contributed by atoms with Gasteiger partial charge in [0.15, 0.2) is 0 Å². The Labute approximate surface area is 145 Å². The zero-order valence-electron chi connectivity index (χ0n) is 14.4. The fourth-order valence-electron chi connectivity index (χ4n) is 3.22. The van der Waals surface area contributed by atoms with E-state index in [-0.39, 0.29) is 29.8 Å². The summed E-state index contributed by atoms with van der Waals surface area (Å²) in [6, 6.07) is 8.47. The van der Waals surface area contributed by atoms with Crippen molar-refractivity contribution >= 4 is 18.3 Å². The molecule has 2 rings (SSSR count). The number of amides is 1. The molecule has 1 fully saturated rings. The van der Waals surface area contributed by atoms with Crippen molar-refractivity contribution in [2.75, 3.05) is 26.8 Å². The molecule has 23 heavy (non-hydrogen) atoms. The van der Waals surface area contributed by atoms with Gasteiger partial charge >= 0.3 is 0 Å². The summed E-state index contributed by atoms with van der Waals surface area (Å²) in [7, 11) is 1.67. The van der Waals surface area contributed by atoms with Crippen molar-refractivity contribution < 1.29 is 9.53 Å². The molecule has 1 atom stereocenters. The Balaban J connectivity index is 0.00000264. The molecule has 0 bridgehead atoms. The van der Waals surface area contributed by atoms with Crippen LogP contribution < -0.4 is 10.6 Å². The molecule has 2 N–H and O–H groups in total. The highest BCUT2D eigenvalue weighted by atomic mass is 35.5. The predicted molar refractivity (Wildman–Crippen MR) is 96.1 cm³/mol. The average molecular weight is 341 g/mol. The fourth-order valence-corrected chi connectivity index (χ4v) is 3.22. The molecule has 1 aromatic carbocycles. The van der Waals surface area contributed by atoms with Crippen LogP contribution in [0.4, 0.5) is 0 Å². The summed E-state index contributed by atoms with van der Waals surface area (Å²) in [5.41, 5.74) is 2.19. The Morgan fingerprint density at radius 2 is 2.00 bits per heavy atom. The van der Waals surface area contributed by atoms with Crippen LogP contribution in [0.5, 0.6) is 0 Å². The zero-order chi connectivity index (χ0) is 16.0. The maximum Gasteiger partial charge on any atom is 0.228 e. The van der Waals surface area contributed by atoms with E-state index in [1.165, 1.54) is 11.1 Å². The van der Waals surface area contributed by atoms with Gasteiger partial charge in [-0.3, -0.25) is 4.79 Å². The Morgan fingerprint density at radius 1 is 1.35 bits per heavy atom. The molecule has 1 aliphatic heterocycles. The van der Waals surface area contributed by atoms with Crippen molar-refractivity contribution in [3.8, 4) is 0 Å². The monoisotopic (exact) mass is 340 g/mol. The molecule has 1 unspecified atom stereocenters. The van der Waals surface area contributed by atoms with Crippen molar-refractivity contribution in [1.29, 1.82) is 0 Å². The van der Waals surface area contributed by atoms with Crippen molar-refractivity contribution in [3.05, 3.63) is 35.4 Å². The van der Waals surface area contributed by atoms with Gasteiger partial charge in [-0.25, -0.2) is 0 Å². The number of carbonyl (C=O) groups excluding carboxylic acids is 1. The van der Waals surface area contributed by atoms with Gasteiger partial charge in [0.2, 0.25) is 5.91 Å². The molecule has 1 heterocycles. The van der Waals surface area contributed by atoms with Crippen molar-refractivity contribution in [3.63, 3.8) is 0 Å². The van der Waals surface area contributed by atoms with Crippen LogP contribution in [0.3, 0.4) is 0 Å². The van der Waals surface area contributed by atoms with Crippen LogP contribution in [-0.2, 0) is 16.0 Å². The maximum absolute atomic E-state index is 12.8. The van der Waals surface area contributed by atoms with Crippen LogP contribution in [0.1, 0.15) is 30.9 Å². The molecule has 0 spiro atoms. The number of piperidine rings is 1. The molecular formula is C18H29ClN2O2. The molecular weight excluding hydrogens is 312 g/mol. The van der Waals surface area contributed by atoms with Crippen LogP contribution in [0.15, 0.2) is 24.3 Å². The third-order valence-corrected chi connectivity index (χ3v) is 4.63. The lowest BCUT2D eigenvalue weighted by molar-refractivity contribution is -0.136. The minimum atomic E-state index is -0.375. The number of halogens is 1. The van der Waals surface area contributed by atoms with Gasteiger partial charge in [-0.05, 0) is 57.3 Å². The van der Waals surface area contributed by atoms with E-state index in [2.05, 4.69) is 42.7 Å². The van der Waals surface area contributed by atoms with Gasteiger partial charge in [0.05, 0.1) is 12.0 Å². The van der Waals surface area contributed by atoms with E-state index < -0.39 is 0 Å². The molecule has 4 nitrogen and oxygen atoms in total. The lowest BCUT2D eigenvalue weighted by Gasteiger charge is -2.36. The third kappa shape index (κ3) is 5.20. The lowest BCUT2D eigenvalue weighted by atomic mass is 9.78. The second-order valence-electron chi connectivity index (χ2n) is 6.47. The van der Waals surface area contributed by atoms with Crippen molar-refractivity contribution in [1.82, 2.24) is 10.6 Å². The molecule has 5 heteroatoms. The lowest BCUT2D eigenvalue weighted by Crippen LogP contribution is -2.52. The Kier molecular flexibility index (Phi) is 8.03. The van der Waals surface area contributed by atoms with Gasteiger partial charge in [0.25, 0.3) is 0 Å². The summed E-state index contributed by atoms with van der Waals surface area (Å²) >= 11 is 0. The molecule has 0 saturated carbocycles. The van der Waals surface area contributed by atoms with Crippen LogP contribution in [0.25, 0.3) is 0 Å². The van der Waals surface area contributed by atoms with Crippen LogP contribution in [-0.4, -0.2) is 38.8 Å². The quantitative estimate of drug-likeness (QED) is 0.836. The van der Waals surface area contributed by atoms with E-state index in [4.69, 9.17) is 4.74 Å². The summed E-state index contributed by atoms with van der Waals surface area (Å²) in [6.45, 7) is 6.44. The summed E-state index contributed by atoms with van der Waals surface area (Å²) in [5, 5.41) is 6.52. The number of carbonyl (C=O) groups is 1. The number of aryl methyl sites for hydroxylation is 1. The van der Waals surface area contributed by atoms with Gasteiger partial charge in [-0.15, -0.1) is 12.4 Å². The SMILES string of the molecule is COCC1(C(=O)NC(C)Cc2ccccc2C)CCNCC1.Cl. The number of hydrogen-bond donors (Lipinski definition) is 2. The van der Waals surface area contributed by atoms with E-state index in [9.17, 15) is 4.79 Å². The molecule has 1 aromatic rings. The first kappa shape index (κ1) is 19.9. The molecule has 1 aliphatic rings. The summed E-state index contributed by atoms with van der Waals surface area (Å²) < 4.78 is 5.34. The normalized spacial score (nSPS) is 17.9. The van der Waals surface area contributed by atoms with Crippen molar-refractivity contribution in [2.45, 2.75) is 39.2 Å². The van der Waals surface area contributed by atoms with E-state index in [1.807, 2.05) is 6.07 Å². The van der Waals surface area contributed by atoms with Crippen LogP contribution in [0.2, 0.25) is 0 Å². The second kappa shape index (κ2) is 9.26. The summed E-state index contributed by atoms with van der Waals surface area (Å²) in [6.07, 6.45) is 2.53. The highest BCUT2D eigenvalue weighted by Gasteiger charge is 2.39. The first-order chi connectivity index (χ1) is 10.6. The van der Waals surface area contributed by atoms with Gasteiger partial charge in [-0.1, -0.05) is 24.3 Å². The Morgan fingerprint density at radius 3 is 2.61 bits per heavy atom. The highest BCUT2D eigenvalue weighted by Crippen LogP contribution is 2.29. The first-order valence-corrected chi connectivity index (χ1v) is 8.12. The van der Waals surface area contributed by atoms with Gasteiger partial charge in [-0.2, -0.15) is 0 Å². The highest BCUT2D eigenvalue weighted by molar-refractivity contribution is 5.85. The number of methoxy groups -OCH3 is 1. The Bertz CT molecular complexity index is 496. The minimum absolute atomic E-state index is 0. The zero-order valence-corrected chi connectivity index (χ0v) is 15.2. The number of ether oxygens (including phenoxy) is 1. The topological polar surface area (TPSA) is 50.4 Å². The van der Waals surface area contributed by atoms with Crippen LogP contribution in [0, 0.1) is 12.3 Å². The summed E-state index contributed by atoms with van der Waals surface area (Å²) in [5.74, 6) is 0.136. The maximum atomic E-state index is 12.8. The first-order valence-electron chi connectivity index (χ1n) is 8.12. The van der Waals surface area contributed by atoms with Crippen molar-refractivity contribution in [2.24, 2.45) is 5.41 Å². The standard InChI is InChI=1S/C18H28N2O2.ClH/c1-14-6-4-5-7-16(14)12-15(2)20-17(21)18(13-22-3)8-10-19-11-9-18;/h4-7,15,19H,8-13H2,1-3H3,(H,20,21);1H. The molecule has 0 aliphatic carbocycles. The third-order valence-electron chi connectivity index (χ3n) is 4.63. The number of nitrogens with one attached hydrogen (secondary N) is 2. The van der Waals surface area contributed by atoms with Crippen LogP contribution >= 0.6 is 12.4 Å². The summed E-state index contributed by atoms with van der Waals surface area (Å²) in [4.78, 5) is 12.8. The Hall–Kier alpha value is -1.10. The van der Waals surface area contributed by atoms with Gasteiger partial charge < -0.3 is 15.4 Å². The number of rotatable bonds is 6. The van der Waals surface area contributed by atoms with Gasteiger partial charge in [0, 0.05) is 13.2 Å². The van der Waals surface area contributed by atoms with E-state index >= 15 is 0 Å². The second-order valence-corrected chi connectivity index (χ2v) is 6.47. The number of hydrogen-bond acceptors (Lipinski definition) is 3. The fraction of sp³-hybridized carbons (Fsp3) is 0.611. The largest absolute Gasteiger partial charge is 0.384 e. The predicted octanol–water partition coefficient (Wildman–Crippen LogP) is 2.48. The molecule has 130 valence electrons. The number of benzene rings is 1.